The normalized spacial score (nSPS) is 12.0. The molecule has 5 nitrogen and oxygen atoms in total. The van der Waals surface area contributed by atoms with E-state index in [0.717, 1.165) is 18.2 Å². The molecule has 186 valence electrons. The van der Waals surface area contributed by atoms with Crippen LogP contribution in [0.4, 0.5) is 17.6 Å². The number of benzene rings is 3. The van der Waals surface area contributed by atoms with Crippen LogP contribution >= 0.6 is 0 Å². The number of carbonyl (C=O) groups is 1. The molecule has 1 amide bonds. The lowest BCUT2D eigenvalue weighted by atomic mass is 10.1. The predicted molar refractivity (Wildman–Crippen MR) is 121 cm³/mol. The molecular formula is C25H23F4NO4S. The van der Waals surface area contributed by atoms with Gasteiger partial charge in [0.05, 0.1) is 12.0 Å². The molecule has 3 rings (SSSR count). The SMILES string of the molecule is CC(C)N(Cc1ccc(OS(=O)(=O)c2cccc(C(F)(F)F)c2)cc1)C(=O)Cc1ccc(F)cc1. The molecule has 0 aliphatic carbocycles. The van der Waals surface area contributed by atoms with Gasteiger partial charge in [0.2, 0.25) is 5.91 Å². The van der Waals surface area contributed by atoms with Gasteiger partial charge in [-0.25, -0.2) is 4.39 Å². The minimum Gasteiger partial charge on any atom is -0.379 e. The van der Waals surface area contributed by atoms with Gasteiger partial charge < -0.3 is 9.08 Å². The van der Waals surface area contributed by atoms with E-state index in [1.165, 1.54) is 24.3 Å². The van der Waals surface area contributed by atoms with Crippen molar-refractivity contribution in [2.75, 3.05) is 0 Å². The topological polar surface area (TPSA) is 63.7 Å². The highest BCUT2D eigenvalue weighted by Gasteiger charge is 2.32. The second-order valence-electron chi connectivity index (χ2n) is 8.13. The molecule has 0 fully saturated rings. The molecule has 0 saturated carbocycles. The van der Waals surface area contributed by atoms with Crippen molar-refractivity contribution < 1.29 is 35.0 Å². The molecule has 0 heterocycles. The largest absolute Gasteiger partial charge is 0.416 e. The van der Waals surface area contributed by atoms with Crippen molar-refractivity contribution >= 4 is 16.0 Å². The summed E-state index contributed by atoms with van der Waals surface area (Å²) in [5.41, 5.74) is 0.261. The number of carbonyl (C=O) groups excluding carboxylic acids is 1. The Labute approximate surface area is 201 Å². The molecule has 10 heteroatoms. The van der Waals surface area contributed by atoms with Crippen LogP contribution in [0, 0.1) is 5.82 Å². The van der Waals surface area contributed by atoms with Gasteiger partial charge in [-0.05, 0) is 67.4 Å². The van der Waals surface area contributed by atoms with E-state index in [9.17, 15) is 30.8 Å². The average Bonchev–Trinajstić information content (AvgIpc) is 2.79. The molecule has 0 bridgehead atoms. The number of hydrogen-bond acceptors (Lipinski definition) is 4. The van der Waals surface area contributed by atoms with Crippen LogP contribution in [0.3, 0.4) is 0 Å². The van der Waals surface area contributed by atoms with E-state index in [2.05, 4.69) is 0 Å². The van der Waals surface area contributed by atoms with Crippen LogP contribution in [0.25, 0.3) is 0 Å². The lowest BCUT2D eigenvalue weighted by molar-refractivity contribution is -0.137. The fraction of sp³-hybridized carbons (Fsp3) is 0.240. The second kappa shape index (κ2) is 10.5. The van der Waals surface area contributed by atoms with Gasteiger partial charge in [-0.2, -0.15) is 21.6 Å². The summed E-state index contributed by atoms with van der Waals surface area (Å²) in [6, 6.07) is 14.7. The molecule has 0 aromatic heterocycles. The van der Waals surface area contributed by atoms with Crippen LogP contribution in [-0.2, 0) is 34.1 Å². The first-order valence-electron chi connectivity index (χ1n) is 10.6. The van der Waals surface area contributed by atoms with Gasteiger partial charge in [0.15, 0.2) is 0 Å². The summed E-state index contributed by atoms with van der Waals surface area (Å²) in [5, 5.41) is 0. The van der Waals surface area contributed by atoms with Crippen LogP contribution in [0.5, 0.6) is 5.75 Å². The maximum atomic E-state index is 13.1. The van der Waals surface area contributed by atoms with E-state index in [1.54, 1.807) is 29.2 Å². The molecule has 0 radical (unpaired) electrons. The minimum absolute atomic E-state index is 0.0834. The molecule has 0 aliphatic rings. The zero-order chi connectivity index (χ0) is 25.8. The van der Waals surface area contributed by atoms with Crippen LogP contribution < -0.4 is 4.18 Å². The fourth-order valence-electron chi connectivity index (χ4n) is 3.29. The van der Waals surface area contributed by atoms with E-state index < -0.39 is 26.8 Å². The molecule has 0 N–H and O–H groups in total. The fourth-order valence-corrected chi connectivity index (χ4v) is 4.26. The maximum absolute atomic E-state index is 13.1. The van der Waals surface area contributed by atoms with E-state index in [0.29, 0.717) is 17.2 Å². The smallest absolute Gasteiger partial charge is 0.379 e. The Morgan fingerprint density at radius 3 is 2.11 bits per heavy atom. The van der Waals surface area contributed by atoms with Crippen molar-refractivity contribution in [3.8, 4) is 5.75 Å². The quantitative estimate of drug-likeness (QED) is 0.293. The standard InChI is InChI=1S/C25H23F4NO4S/c1-17(2)30(24(31)14-18-6-10-21(26)11-7-18)16-19-8-12-22(13-9-19)34-35(32,33)23-5-3-4-20(15-23)25(27,28)29/h3-13,15,17H,14,16H2,1-2H3. The minimum atomic E-state index is -4.69. The summed E-state index contributed by atoms with van der Waals surface area (Å²) in [6.45, 7) is 3.93. The van der Waals surface area contributed by atoms with Gasteiger partial charge in [-0.15, -0.1) is 0 Å². The van der Waals surface area contributed by atoms with E-state index >= 15 is 0 Å². The molecule has 0 unspecified atom stereocenters. The number of amides is 1. The van der Waals surface area contributed by atoms with Crippen molar-refractivity contribution in [1.82, 2.24) is 4.90 Å². The highest BCUT2D eigenvalue weighted by Crippen LogP contribution is 2.31. The van der Waals surface area contributed by atoms with Crippen LogP contribution in [0.15, 0.2) is 77.7 Å². The van der Waals surface area contributed by atoms with Crippen molar-refractivity contribution in [1.29, 1.82) is 0 Å². The molecule has 0 atom stereocenters. The molecule has 0 saturated heterocycles. The Bertz CT molecular complexity index is 1270. The van der Waals surface area contributed by atoms with Gasteiger partial charge in [0, 0.05) is 12.6 Å². The summed E-state index contributed by atoms with van der Waals surface area (Å²) < 4.78 is 81.7. The lowest BCUT2D eigenvalue weighted by Crippen LogP contribution is -2.37. The van der Waals surface area contributed by atoms with Crippen molar-refractivity contribution in [2.45, 2.75) is 43.9 Å². The Hall–Kier alpha value is -3.40. The molecule has 35 heavy (non-hydrogen) atoms. The Morgan fingerprint density at radius 1 is 0.943 bits per heavy atom. The lowest BCUT2D eigenvalue weighted by Gasteiger charge is -2.27. The number of nitrogens with zero attached hydrogens (tertiary/aromatic N) is 1. The number of alkyl halides is 3. The zero-order valence-corrected chi connectivity index (χ0v) is 19.7. The first kappa shape index (κ1) is 26.2. The zero-order valence-electron chi connectivity index (χ0n) is 18.9. The van der Waals surface area contributed by atoms with Gasteiger partial charge >= 0.3 is 16.3 Å². The third-order valence-corrected chi connectivity index (χ3v) is 6.39. The monoisotopic (exact) mass is 509 g/mol. The van der Waals surface area contributed by atoms with Gasteiger partial charge in [-0.3, -0.25) is 4.79 Å². The Morgan fingerprint density at radius 2 is 1.54 bits per heavy atom. The number of rotatable bonds is 8. The molecule has 0 spiro atoms. The van der Waals surface area contributed by atoms with E-state index in [-0.39, 0.29) is 36.5 Å². The Balaban J connectivity index is 1.70. The summed E-state index contributed by atoms with van der Waals surface area (Å²) in [5.74, 6) is -0.641. The molecular weight excluding hydrogens is 486 g/mol. The number of halogens is 4. The summed E-state index contributed by atoms with van der Waals surface area (Å²) in [4.78, 5) is 13.8. The van der Waals surface area contributed by atoms with Crippen molar-refractivity contribution in [3.05, 3.63) is 95.3 Å². The van der Waals surface area contributed by atoms with Gasteiger partial charge in [-0.1, -0.05) is 30.3 Å². The summed E-state index contributed by atoms with van der Waals surface area (Å²) in [7, 11) is -4.49. The third kappa shape index (κ3) is 7.05. The summed E-state index contributed by atoms with van der Waals surface area (Å²) in [6.07, 6.45) is -4.60. The summed E-state index contributed by atoms with van der Waals surface area (Å²) >= 11 is 0. The average molecular weight is 510 g/mol. The maximum Gasteiger partial charge on any atom is 0.416 e. The first-order chi connectivity index (χ1) is 16.3. The first-order valence-corrected chi connectivity index (χ1v) is 12.0. The van der Waals surface area contributed by atoms with Crippen molar-refractivity contribution in [2.24, 2.45) is 0 Å². The highest BCUT2D eigenvalue weighted by atomic mass is 32.2. The van der Waals surface area contributed by atoms with E-state index in [1.807, 2.05) is 13.8 Å². The Kier molecular flexibility index (Phi) is 7.84. The number of hydrogen-bond donors (Lipinski definition) is 0. The van der Waals surface area contributed by atoms with Crippen LogP contribution in [0.1, 0.15) is 30.5 Å². The van der Waals surface area contributed by atoms with Gasteiger partial charge in [0.1, 0.15) is 16.5 Å². The van der Waals surface area contributed by atoms with Gasteiger partial charge in [0.25, 0.3) is 0 Å². The third-order valence-electron chi connectivity index (χ3n) is 5.14. The molecule has 3 aromatic carbocycles. The van der Waals surface area contributed by atoms with Crippen LogP contribution in [0.2, 0.25) is 0 Å². The molecule has 3 aromatic rings. The van der Waals surface area contributed by atoms with Crippen molar-refractivity contribution in [3.63, 3.8) is 0 Å². The van der Waals surface area contributed by atoms with E-state index in [4.69, 9.17) is 4.18 Å². The molecule has 0 aliphatic heterocycles. The highest BCUT2D eigenvalue weighted by molar-refractivity contribution is 7.87. The van der Waals surface area contributed by atoms with Crippen LogP contribution in [-0.4, -0.2) is 25.3 Å². The second-order valence-corrected chi connectivity index (χ2v) is 9.67. The predicted octanol–water partition coefficient (Wildman–Crippen LogP) is 5.59.